The average Bonchev–Trinajstić information content (AvgIpc) is 3.04. The van der Waals surface area contributed by atoms with Crippen LogP contribution >= 0.6 is 0 Å². The molecule has 2 heterocycles. The number of hydrazine groups is 1. The second-order valence-electron chi connectivity index (χ2n) is 12.0. The molecule has 0 atom stereocenters. The van der Waals surface area contributed by atoms with Gasteiger partial charge in [-0.05, 0) is 93.9 Å². The first kappa shape index (κ1) is 36.4. The van der Waals surface area contributed by atoms with Crippen molar-refractivity contribution in [2.45, 2.75) is 141 Å². The lowest BCUT2D eigenvalue weighted by molar-refractivity contribution is -0.607. The van der Waals surface area contributed by atoms with Crippen molar-refractivity contribution >= 4 is 0 Å². The normalized spacial score (nSPS) is 11.5. The molecule has 238 valence electrons. The Labute approximate surface area is 263 Å². The second-order valence-corrected chi connectivity index (χ2v) is 12.0. The van der Waals surface area contributed by atoms with Gasteiger partial charge in [-0.15, -0.1) is 0 Å². The Morgan fingerprint density at radius 2 is 1.00 bits per heavy atom. The first-order chi connectivity index (χ1) is 21.3. The van der Waals surface area contributed by atoms with E-state index in [1.807, 2.05) is 36.9 Å². The topological polar surface area (TPSA) is 57.9 Å². The lowest BCUT2D eigenvalue weighted by atomic mass is 10.0. The zero-order valence-electron chi connectivity index (χ0n) is 27.1. The largest absolute Gasteiger partial charge is 0.264 e. The van der Waals surface area contributed by atoms with Crippen LogP contribution < -0.4 is 5.43 Å². The third kappa shape index (κ3) is 23.3. The lowest BCUT2D eigenvalue weighted by Crippen LogP contribution is -2.28. The number of hydrogen-bond acceptors (Lipinski definition) is 3. The molecule has 0 radical (unpaired) electrons. The van der Waals surface area contributed by atoms with Crippen LogP contribution in [0.4, 0.5) is 0 Å². The van der Waals surface area contributed by atoms with Crippen molar-refractivity contribution in [1.29, 1.82) is 0 Å². The van der Waals surface area contributed by atoms with Gasteiger partial charge < -0.3 is 0 Å². The highest BCUT2D eigenvalue weighted by molar-refractivity contribution is 5.09. The van der Waals surface area contributed by atoms with E-state index in [-0.39, 0.29) is 0 Å². The number of pyridine rings is 2. The molecule has 5 nitrogen and oxygen atoms in total. The van der Waals surface area contributed by atoms with E-state index in [1.54, 1.807) is 0 Å². The highest BCUT2D eigenvalue weighted by Gasteiger charge is 2.05. The number of nitroso groups, excluding NO2 is 1. The minimum atomic E-state index is 0.605. The number of rotatable bonds is 29. The quantitative estimate of drug-likeness (QED) is 0.0444. The average molecular weight is 590 g/mol. The molecule has 2 aromatic heterocycles. The van der Waals surface area contributed by atoms with Crippen LogP contribution in [0.1, 0.15) is 140 Å². The van der Waals surface area contributed by atoms with Gasteiger partial charge in [-0.2, -0.15) is 5.43 Å². The summed E-state index contributed by atoms with van der Waals surface area (Å²) in [5.74, 6) is 0. The minimum Gasteiger partial charge on any atom is -0.264 e. The maximum absolute atomic E-state index is 12.0. The predicted molar refractivity (Wildman–Crippen MR) is 183 cm³/mol. The number of nitrogens with zero attached hydrogens (tertiary/aromatic N) is 3. The zero-order chi connectivity index (χ0) is 30.3. The smallest absolute Gasteiger partial charge is 0.225 e. The van der Waals surface area contributed by atoms with Gasteiger partial charge in [-0.3, -0.25) is 9.97 Å². The molecule has 5 heteroatoms. The molecule has 43 heavy (non-hydrogen) atoms. The van der Waals surface area contributed by atoms with Gasteiger partial charge in [0.25, 0.3) is 0 Å². The first-order valence-electron chi connectivity index (χ1n) is 17.6. The van der Waals surface area contributed by atoms with Crippen molar-refractivity contribution in [3.8, 4) is 0 Å². The summed E-state index contributed by atoms with van der Waals surface area (Å²) in [6, 6.07) is 8.36. The van der Waals surface area contributed by atoms with E-state index in [4.69, 9.17) is 0 Å². The van der Waals surface area contributed by atoms with Crippen molar-refractivity contribution in [3.05, 3.63) is 89.4 Å². The van der Waals surface area contributed by atoms with E-state index in [2.05, 4.69) is 51.8 Å². The Hall–Kier alpha value is -2.82. The van der Waals surface area contributed by atoms with E-state index < -0.39 is 0 Å². The molecule has 0 fully saturated rings. The Morgan fingerprint density at radius 3 is 1.56 bits per heavy atom. The summed E-state index contributed by atoms with van der Waals surface area (Å²) in [4.78, 5) is 21.4. The molecule has 0 bridgehead atoms. The van der Waals surface area contributed by atoms with Crippen molar-refractivity contribution < 1.29 is 4.87 Å². The van der Waals surface area contributed by atoms with Crippen molar-refractivity contribution in [2.75, 3.05) is 13.1 Å². The molecular formula is C38H61N4O+. The van der Waals surface area contributed by atoms with Crippen LogP contribution in [0, 0.1) is 4.91 Å². The van der Waals surface area contributed by atoms with Gasteiger partial charge in [0.05, 0.1) is 11.5 Å². The standard InChI is InChI=1S/C38H61N4O/c43-42(34-24-20-16-12-8-4-2-6-10-14-18-22-28-38-30-26-32-40-36-38)41-33-23-19-15-11-7-3-1-5-9-13-17-21-27-37-29-25-31-39-35-37/h11,14-15,18,25-26,29-32,35-36H,1-10,12-13,16-17,19-24,27-28,33-34H2,(H,41,43)/q+1/b15-11-,18-14-. The molecule has 0 aliphatic rings. The van der Waals surface area contributed by atoms with Crippen LogP contribution in [0.25, 0.3) is 0 Å². The molecule has 0 aliphatic carbocycles. The maximum Gasteiger partial charge on any atom is 0.225 e. The van der Waals surface area contributed by atoms with Crippen molar-refractivity contribution in [3.63, 3.8) is 0 Å². The molecular weight excluding hydrogens is 528 g/mol. The van der Waals surface area contributed by atoms with E-state index in [1.165, 1.54) is 107 Å². The Balaban J connectivity index is 1.23. The predicted octanol–water partition coefficient (Wildman–Crippen LogP) is 10.5. The third-order valence-electron chi connectivity index (χ3n) is 8.03. The fourth-order valence-electron chi connectivity index (χ4n) is 5.37. The van der Waals surface area contributed by atoms with Gasteiger partial charge in [0, 0.05) is 31.2 Å². The molecule has 2 rings (SSSR count). The Kier molecular flexibility index (Phi) is 23.7. The van der Waals surface area contributed by atoms with Crippen LogP contribution in [0.5, 0.6) is 0 Å². The van der Waals surface area contributed by atoms with Gasteiger partial charge >= 0.3 is 0 Å². The monoisotopic (exact) mass is 589 g/mol. The summed E-state index contributed by atoms with van der Waals surface area (Å²) in [6.07, 6.45) is 44.0. The van der Waals surface area contributed by atoms with Gasteiger partial charge in [0.15, 0.2) is 0 Å². The number of aryl methyl sites for hydroxylation is 2. The summed E-state index contributed by atoms with van der Waals surface area (Å²) < 4.78 is 0. The summed E-state index contributed by atoms with van der Waals surface area (Å²) in [6.45, 7) is 1.38. The van der Waals surface area contributed by atoms with Crippen LogP contribution in [-0.4, -0.2) is 27.9 Å². The molecule has 0 amide bonds. The molecule has 0 spiro atoms. The van der Waals surface area contributed by atoms with Crippen LogP contribution in [-0.2, 0) is 12.8 Å². The molecule has 0 saturated carbocycles. The lowest BCUT2D eigenvalue weighted by Gasteiger charge is -2.02. The molecule has 0 aromatic carbocycles. The SMILES string of the molecule is O=[N+](CCCCCCCCCC/C=C\CCc1cccnc1)NCCC/C=C\CCCCCCCCCc1cccnc1. The van der Waals surface area contributed by atoms with E-state index in [9.17, 15) is 4.91 Å². The van der Waals surface area contributed by atoms with E-state index in [0.29, 0.717) is 6.54 Å². The number of allylic oxidation sites excluding steroid dienone is 4. The van der Waals surface area contributed by atoms with Gasteiger partial charge in [-0.1, -0.05) is 101 Å². The second kappa shape index (κ2) is 28.0. The highest BCUT2D eigenvalue weighted by Crippen LogP contribution is 2.12. The number of hydrogen-bond donors (Lipinski definition) is 1. The zero-order valence-corrected chi connectivity index (χ0v) is 27.1. The van der Waals surface area contributed by atoms with Crippen LogP contribution in [0.3, 0.4) is 0 Å². The van der Waals surface area contributed by atoms with Gasteiger partial charge in [0.2, 0.25) is 6.54 Å². The molecule has 0 unspecified atom stereocenters. The molecule has 2 aromatic rings. The number of nitrogens with one attached hydrogen (secondary N) is 1. The number of aromatic nitrogens is 2. The summed E-state index contributed by atoms with van der Waals surface area (Å²) in [5, 5.41) is 0. The van der Waals surface area contributed by atoms with E-state index >= 15 is 0 Å². The summed E-state index contributed by atoms with van der Waals surface area (Å²) in [7, 11) is 0. The molecule has 0 saturated heterocycles. The summed E-state index contributed by atoms with van der Waals surface area (Å²) >= 11 is 0. The van der Waals surface area contributed by atoms with Crippen LogP contribution in [0.15, 0.2) is 73.4 Å². The fraction of sp³-hybridized carbons (Fsp3) is 0.632. The maximum atomic E-state index is 12.0. The third-order valence-corrected chi connectivity index (χ3v) is 8.03. The van der Waals surface area contributed by atoms with Crippen LogP contribution in [0.2, 0.25) is 0 Å². The minimum absolute atomic E-state index is 0.605. The summed E-state index contributed by atoms with van der Waals surface area (Å²) in [5.41, 5.74) is 5.70. The fourth-order valence-corrected chi connectivity index (χ4v) is 5.37. The van der Waals surface area contributed by atoms with Gasteiger partial charge in [0.1, 0.15) is 4.87 Å². The Bertz CT molecular complexity index is 945. The Morgan fingerprint density at radius 1 is 0.535 bits per heavy atom. The number of unbranched alkanes of at least 4 members (excludes halogenated alkanes) is 16. The molecule has 0 aliphatic heterocycles. The first-order valence-corrected chi connectivity index (χ1v) is 17.6. The van der Waals surface area contributed by atoms with Crippen molar-refractivity contribution in [1.82, 2.24) is 15.4 Å². The van der Waals surface area contributed by atoms with Crippen molar-refractivity contribution in [2.24, 2.45) is 0 Å². The highest BCUT2D eigenvalue weighted by atomic mass is 16.3. The van der Waals surface area contributed by atoms with Gasteiger partial charge in [-0.25, -0.2) is 0 Å². The van der Waals surface area contributed by atoms with E-state index in [0.717, 1.165) is 56.4 Å². The molecule has 1 N–H and O–H groups in total.